The molecule has 1 aromatic rings. The molecule has 4 nitrogen and oxygen atoms in total. The number of nitrogens with zero attached hydrogens (tertiary/aromatic N) is 2. The van der Waals surface area contributed by atoms with Gasteiger partial charge in [0.2, 0.25) is 5.78 Å². The van der Waals surface area contributed by atoms with Crippen LogP contribution >= 0.6 is 0 Å². The molecular weight excluding hydrogens is 204 g/mol. The largest absolute Gasteiger partial charge is 0.501 e. The van der Waals surface area contributed by atoms with E-state index >= 15 is 0 Å². The van der Waals surface area contributed by atoms with Gasteiger partial charge in [-0.25, -0.2) is 0 Å². The van der Waals surface area contributed by atoms with Crippen LogP contribution in [-0.4, -0.2) is 22.2 Å². The molecule has 4 heteroatoms. The van der Waals surface area contributed by atoms with E-state index in [1.807, 2.05) is 13.0 Å². The van der Waals surface area contributed by atoms with Gasteiger partial charge < -0.3 is 4.74 Å². The summed E-state index contributed by atoms with van der Waals surface area (Å²) >= 11 is 0. The summed E-state index contributed by atoms with van der Waals surface area (Å²) < 4.78 is 6.83. The molecule has 0 aromatic carbocycles. The summed E-state index contributed by atoms with van der Waals surface area (Å²) in [5, 5.41) is 4.27. The molecule has 1 aliphatic rings. The maximum Gasteiger partial charge on any atom is 0.210 e. The van der Waals surface area contributed by atoms with Gasteiger partial charge in [-0.15, -0.1) is 0 Å². The van der Waals surface area contributed by atoms with Gasteiger partial charge in [-0.2, -0.15) is 5.10 Å². The first-order valence-electron chi connectivity index (χ1n) is 5.60. The fourth-order valence-electron chi connectivity index (χ4n) is 1.81. The second-order valence-electron chi connectivity index (χ2n) is 3.94. The number of carbonyl (C=O) groups excluding carboxylic acids is 1. The molecule has 0 atom stereocenters. The van der Waals surface area contributed by atoms with Crippen molar-refractivity contribution >= 4 is 5.78 Å². The molecule has 0 fully saturated rings. The normalized spacial score (nSPS) is 15.5. The van der Waals surface area contributed by atoms with Gasteiger partial charge in [0, 0.05) is 12.6 Å². The maximum atomic E-state index is 12.1. The van der Waals surface area contributed by atoms with Crippen molar-refractivity contribution in [3.63, 3.8) is 0 Å². The van der Waals surface area contributed by atoms with Gasteiger partial charge in [0.15, 0.2) is 0 Å². The number of rotatable bonds is 3. The molecule has 0 amide bonds. The molecule has 1 aromatic heterocycles. The quantitative estimate of drug-likeness (QED) is 0.730. The number of hydrogen-bond donors (Lipinski definition) is 0. The van der Waals surface area contributed by atoms with E-state index in [1.165, 1.54) is 0 Å². The van der Waals surface area contributed by atoms with Gasteiger partial charge >= 0.3 is 0 Å². The average molecular weight is 220 g/mol. The molecule has 0 N–H and O–H groups in total. The first-order valence-corrected chi connectivity index (χ1v) is 5.60. The highest BCUT2D eigenvalue weighted by Crippen LogP contribution is 2.17. The first-order chi connectivity index (χ1) is 7.72. The Morgan fingerprint density at radius 2 is 2.44 bits per heavy atom. The van der Waals surface area contributed by atoms with Crippen LogP contribution < -0.4 is 0 Å². The van der Waals surface area contributed by atoms with Crippen LogP contribution in [0.25, 0.3) is 0 Å². The number of allylic oxidation sites excluding steroid dienone is 1. The Kier molecular flexibility index (Phi) is 3.08. The molecule has 2 rings (SSSR count). The molecule has 0 bridgehead atoms. The number of ether oxygens (including phenoxy) is 1. The highest BCUT2D eigenvalue weighted by atomic mass is 16.5. The maximum absolute atomic E-state index is 12.1. The van der Waals surface area contributed by atoms with Crippen molar-refractivity contribution in [2.24, 2.45) is 7.05 Å². The fourth-order valence-corrected chi connectivity index (χ4v) is 1.81. The van der Waals surface area contributed by atoms with E-state index in [9.17, 15) is 4.79 Å². The van der Waals surface area contributed by atoms with E-state index in [0.29, 0.717) is 12.3 Å². The predicted molar refractivity (Wildman–Crippen MR) is 60.2 cm³/mol. The Balaban J connectivity index is 2.25. The molecule has 0 spiro atoms. The lowest BCUT2D eigenvalue weighted by molar-refractivity contribution is 0.100. The molecule has 0 unspecified atom stereocenters. The smallest absolute Gasteiger partial charge is 0.210 e. The minimum Gasteiger partial charge on any atom is -0.501 e. The van der Waals surface area contributed by atoms with Crippen LogP contribution in [0.2, 0.25) is 0 Å². The molecule has 0 saturated heterocycles. The summed E-state index contributed by atoms with van der Waals surface area (Å²) in [5.41, 5.74) is 2.34. The molecule has 2 heterocycles. The van der Waals surface area contributed by atoms with E-state index < -0.39 is 0 Å². The van der Waals surface area contributed by atoms with E-state index in [1.54, 1.807) is 18.0 Å². The number of hydrogen-bond acceptors (Lipinski definition) is 3. The third-order valence-corrected chi connectivity index (χ3v) is 2.75. The molecular formula is C12H16N2O2. The van der Waals surface area contributed by atoms with Crippen LogP contribution in [0.5, 0.6) is 0 Å². The zero-order chi connectivity index (χ0) is 11.5. The average Bonchev–Trinajstić information content (AvgIpc) is 2.71. The van der Waals surface area contributed by atoms with Crippen molar-refractivity contribution < 1.29 is 9.53 Å². The topological polar surface area (TPSA) is 44.1 Å². The molecule has 0 aliphatic carbocycles. The monoisotopic (exact) mass is 220 g/mol. The highest BCUT2D eigenvalue weighted by Gasteiger charge is 2.19. The molecule has 16 heavy (non-hydrogen) atoms. The standard InChI is InChI=1S/C12H16N2O2/c1-3-10-7-11(14(2)13-10)12(15)9-5-4-6-16-8-9/h7-8H,3-6H2,1-2H3. The summed E-state index contributed by atoms with van der Waals surface area (Å²) in [6, 6.07) is 1.86. The fraction of sp³-hybridized carbons (Fsp3) is 0.500. The minimum absolute atomic E-state index is 0.0365. The minimum atomic E-state index is 0.0365. The third-order valence-electron chi connectivity index (χ3n) is 2.75. The summed E-state index contributed by atoms with van der Waals surface area (Å²) in [7, 11) is 1.80. The first kappa shape index (κ1) is 10.9. The number of carbonyl (C=O) groups is 1. The zero-order valence-corrected chi connectivity index (χ0v) is 9.69. The highest BCUT2D eigenvalue weighted by molar-refractivity contribution is 6.07. The van der Waals surface area contributed by atoms with Crippen LogP contribution in [0.4, 0.5) is 0 Å². The van der Waals surface area contributed by atoms with Crippen LogP contribution in [0, 0.1) is 0 Å². The molecule has 0 radical (unpaired) electrons. The van der Waals surface area contributed by atoms with Gasteiger partial charge in [-0.05, 0) is 25.3 Å². The van der Waals surface area contributed by atoms with E-state index in [0.717, 1.165) is 30.5 Å². The summed E-state index contributed by atoms with van der Waals surface area (Å²) in [6.45, 7) is 2.74. The molecule has 0 saturated carbocycles. The number of aromatic nitrogens is 2. The Bertz CT molecular complexity index is 432. The van der Waals surface area contributed by atoms with Crippen molar-refractivity contribution in [1.29, 1.82) is 0 Å². The third kappa shape index (κ3) is 2.01. The van der Waals surface area contributed by atoms with Crippen molar-refractivity contribution in [3.05, 3.63) is 29.3 Å². The van der Waals surface area contributed by atoms with Gasteiger partial charge in [0.25, 0.3) is 0 Å². The van der Waals surface area contributed by atoms with E-state index in [4.69, 9.17) is 4.74 Å². The van der Waals surface area contributed by atoms with Crippen molar-refractivity contribution in [2.45, 2.75) is 26.2 Å². The molecule has 86 valence electrons. The number of ketones is 1. The van der Waals surface area contributed by atoms with Crippen LogP contribution in [0.15, 0.2) is 17.9 Å². The van der Waals surface area contributed by atoms with Crippen molar-refractivity contribution in [3.8, 4) is 0 Å². The van der Waals surface area contributed by atoms with Gasteiger partial charge in [0.1, 0.15) is 5.69 Å². The Morgan fingerprint density at radius 3 is 3.00 bits per heavy atom. The van der Waals surface area contributed by atoms with Crippen molar-refractivity contribution in [2.75, 3.05) is 6.61 Å². The lowest BCUT2D eigenvalue weighted by Gasteiger charge is -2.12. The Hall–Kier alpha value is -1.58. The van der Waals surface area contributed by atoms with Crippen LogP contribution in [-0.2, 0) is 18.2 Å². The van der Waals surface area contributed by atoms with Crippen molar-refractivity contribution in [1.82, 2.24) is 9.78 Å². The van der Waals surface area contributed by atoms with Gasteiger partial charge in [0.05, 0.1) is 18.6 Å². The summed E-state index contributed by atoms with van der Waals surface area (Å²) in [4.78, 5) is 12.1. The van der Waals surface area contributed by atoms with Gasteiger partial charge in [-0.1, -0.05) is 6.92 Å². The second-order valence-corrected chi connectivity index (χ2v) is 3.94. The van der Waals surface area contributed by atoms with Crippen LogP contribution in [0.3, 0.4) is 0 Å². The second kappa shape index (κ2) is 4.51. The Morgan fingerprint density at radius 1 is 1.62 bits per heavy atom. The molecule has 1 aliphatic heterocycles. The number of aryl methyl sites for hydroxylation is 2. The summed E-state index contributed by atoms with van der Waals surface area (Å²) in [5.74, 6) is 0.0365. The van der Waals surface area contributed by atoms with Crippen LogP contribution in [0.1, 0.15) is 35.9 Å². The lowest BCUT2D eigenvalue weighted by Crippen LogP contribution is -2.13. The Labute approximate surface area is 94.9 Å². The van der Waals surface area contributed by atoms with E-state index in [-0.39, 0.29) is 5.78 Å². The SMILES string of the molecule is CCc1cc(C(=O)C2=COCCC2)n(C)n1. The zero-order valence-electron chi connectivity index (χ0n) is 9.69. The predicted octanol–water partition coefficient (Wildman–Crippen LogP) is 1.86. The number of Topliss-reactive ketones (excluding diaryl/α,β-unsaturated/α-hetero) is 1. The lowest BCUT2D eigenvalue weighted by atomic mass is 10.0. The van der Waals surface area contributed by atoms with Gasteiger partial charge in [-0.3, -0.25) is 9.48 Å². The van der Waals surface area contributed by atoms with E-state index in [2.05, 4.69) is 5.10 Å². The summed E-state index contributed by atoms with van der Waals surface area (Å²) in [6.07, 6.45) is 4.14.